The highest BCUT2D eigenvalue weighted by Crippen LogP contribution is 2.66. The molecule has 4 aliphatic carbocycles. The lowest BCUT2D eigenvalue weighted by Gasteiger charge is -2.59. The summed E-state index contributed by atoms with van der Waals surface area (Å²) in [5.74, 6) is 4.82. The molecule has 0 aromatic carbocycles. The van der Waals surface area contributed by atoms with Crippen LogP contribution in [0.3, 0.4) is 0 Å². The van der Waals surface area contributed by atoms with E-state index >= 15 is 0 Å². The fourth-order valence-corrected chi connectivity index (χ4v) is 10.4. The third kappa shape index (κ3) is 2.93. The number of carbonyl (C=O) groups is 1. The summed E-state index contributed by atoms with van der Waals surface area (Å²) in [4.78, 5) is 15.9. The van der Waals surface area contributed by atoms with Gasteiger partial charge in [0.15, 0.2) is 0 Å². The van der Waals surface area contributed by atoms with Gasteiger partial charge in [-0.2, -0.15) is 0 Å². The molecule has 6 aliphatic rings. The zero-order chi connectivity index (χ0) is 21.7. The maximum atomic E-state index is 13.2. The minimum atomic E-state index is -0.570. The predicted octanol–water partition coefficient (Wildman–Crippen LogP) is 3.89. The van der Waals surface area contributed by atoms with Crippen LogP contribution in [0.1, 0.15) is 78.6 Å². The first-order valence-electron chi connectivity index (χ1n) is 13.4. The summed E-state index contributed by atoms with van der Waals surface area (Å²) < 4.78 is 0. The van der Waals surface area contributed by atoms with Crippen LogP contribution in [0.15, 0.2) is 0 Å². The summed E-state index contributed by atoms with van der Waals surface area (Å²) in [6.45, 7) is 9.23. The Morgan fingerprint density at radius 1 is 0.903 bits per heavy atom. The molecule has 12 atom stereocenters. The van der Waals surface area contributed by atoms with E-state index in [1.807, 2.05) is 0 Å². The van der Waals surface area contributed by atoms with Crippen LogP contribution in [0, 0.1) is 52.8 Å². The monoisotopic (exact) mass is 429 g/mol. The number of Topliss-reactive ketones (excluding diaryl/α,β-unsaturated/α-hetero) is 1. The molecule has 174 valence electrons. The summed E-state index contributed by atoms with van der Waals surface area (Å²) in [5, 5.41) is 22.1. The van der Waals surface area contributed by atoms with Gasteiger partial charge in [-0.25, -0.2) is 0 Å². The largest absolute Gasteiger partial charge is 0.393 e. The molecule has 6 fully saturated rings. The summed E-state index contributed by atoms with van der Waals surface area (Å²) in [7, 11) is 0. The number of hydrogen-bond donors (Lipinski definition) is 2. The summed E-state index contributed by atoms with van der Waals surface area (Å²) in [6.07, 6.45) is 9.08. The Balaban J connectivity index is 1.31. The van der Waals surface area contributed by atoms with E-state index in [4.69, 9.17) is 0 Å². The second-order valence-corrected chi connectivity index (χ2v) is 13.2. The number of aliphatic hydroxyl groups is 2. The van der Waals surface area contributed by atoms with Gasteiger partial charge in [0.25, 0.3) is 0 Å². The highest BCUT2D eigenvalue weighted by Gasteiger charge is 2.64. The zero-order valence-corrected chi connectivity index (χ0v) is 19.8. The van der Waals surface area contributed by atoms with E-state index < -0.39 is 5.60 Å². The van der Waals surface area contributed by atoms with Crippen molar-refractivity contribution >= 4 is 5.78 Å². The molecule has 0 spiro atoms. The molecule has 2 aliphatic heterocycles. The first kappa shape index (κ1) is 21.1. The molecule has 2 saturated heterocycles. The molecule has 4 heteroatoms. The molecular formula is C27H43NO3. The molecule has 2 heterocycles. The molecule has 0 aromatic heterocycles. The Bertz CT molecular complexity index is 751. The van der Waals surface area contributed by atoms with Gasteiger partial charge >= 0.3 is 0 Å². The van der Waals surface area contributed by atoms with E-state index in [0.29, 0.717) is 53.8 Å². The Morgan fingerprint density at radius 2 is 1.71 bits per heavy atom. The van der Waals surface area contributed by atoms with Gasteiger partial charge < -0.3 is 10.2 Å². The summed E-state index contributed by atoms with van der Waals surface area (Å²) in [5.41, 5.74) is -0.482. The maximum absolute atomic E-state index is 13.2. The molecule has 0 amide bonds. The fraction of sp³-hybridized carbons (Fsp3) is 0.963. The van der Waals surface area contributed by atoms with Crippen molar-refractivity contribution in [3.8, 4) is 0 Å². The lowest BCUT2D eigenvalue weighted by atomic mass is 9.51. The van der Waals surface area contributed by atoms with Crippen LogP contribution in [-0.4, -0.2) is 51.7 Å². The van der Waals surface area contributed by atoms with Gasteiger partial charge in [0.1, 0.15) is 5.78 Å². The molecule has 0 unspecified atom stereocenters. The quantitative estimate of drug-likeness (QED) is 0.613. The second-order valence-electron chi connectivity index (χ2n) is 13.2. The SMILES string of the molecule is C[C@H]1CC[C@@H]2N(C1)C[C@H]1[C@@H]3C[C@H]4[C@@H](CC(=O)[C@H]5C[C@H](O)CC[C@@]54C)[C@H]3CC[C@H]1[C@]2(C)O. The van der Waals surface area contributed by atoms with Crippen LogP contribution in [0.5, 0.6) is 0 Å². The van der Waals surface area contributed by atoms with Crippen molar-refractivity contribution in [1.29, 1.82) is 0 Å². The van der Waals surface area contributed by atoms with E-state index in [2.05, 4.69) is 25.7 Å². The Labute approximate surface area is 188 Å². The van der Waals surface area contributed by atoms with Crippen LogP contribution in [0.25, 0.3) is 0 Å². The van der Waals surface area contributed by atoms with Crippen LogP contribution < -0.4 is 0 Å². The van der Waals surface area contributed by atoms with E-state index in [1.165, 1.54) is 25.8 Å². The van der Waals surface area contributed by atoms with Crippen LogP contribution >= 0.6 is 0 Å². The van der Waals surface area contributed by atoms with Gasteiger partial charge in [-0.1, -0.05) is 13.8 Å². The van der Waals surface area contributed by atoms with E-state index in [9.17, 15) is 15.0 Å². The minimum absolute atomic E-state index is 0.0789. The highest BCUT2D eigenvalue weighted by molar-refractivity contribution is 5.83. The van der Waals surface area contributed by atoms with Crippen molar-refractivity contribution in [3.63, 3.8) is 0 Å². The molecule has 4 saturated carbocycles. The van der Waals surface area contributed by atoms with E-state index in [0.717, 1.165) is 44.6 Å². The van der Waals surface area contributed by atoms with Gasteiger partial charge in [0, 0.05) is 31.5 Å². The number of fused-ring (bicyclic) bond motifs is 8. The van der Waals surface area contributed by atoms with Gasteiger partial charge in [-0.05, 0) is 105 Å². The Hall–Kier alpha value is -0.450. The zero-order valence-electron chi connectivity index (χ0n) is 19.8. The van der Waals surface area contributed by atoms with Gasteiger partial charge in [0.05, 0.1) is 11.7 Å². The van der Waals surface area contributed by atoms with E-state index in [1.54, 1.807) is 0 Å². The first-order chi connectivity index (χ1) is 14.7. The summed E-state index contributed by atoms with van der Waals surface area (Å²) >= 11 is 0. The number of nitrogens with zero attached hydrogens (tertiary/aromatic N) is 1. The Morgan fingerprint density at radius 3 is 2.52 bits per heavy atom. The average Bonchev–Trinajstić information content (AvgIpc) is 3.09. The van der Waals surface area contributed by atoms with Crippen molar-refractivity contribution < 1.29 is 15.0 Å². The van der Waals surface area contributed by atoms with Crippen LogP contribution in [0.4, 0.5) is 0 Å². The van der Waals surface area contributed by atoms with Crippen LogP contribution in [-0.2, 0) is 4.79 Å². The lowest BCUT2D eigenvalue weighted by Crippen LogP contribution is -2.67. The number of aliphatic hydroxyl groups excluding tert-OH is 1. The van der Waals surface area contributed by atoms with Gasteiger partial charge in [-0.15, -0.1) is 0 Å². The van der Waals surface area contributed by atoms with Crippen molar-refractivity contribution in [3.05, 3.63) is 0 Å². The van der Waals surface area contributed by atoms with Crippen LogP contribution in [0.2, 0.25) is 0 Å². The lowest BCUT2D eigenvalue weighted by molar-refractivity contribution is -0.175. The average molecular weight is 430 g/mol. The number of rotatable bonds is 0. The second kappa shape index (κ2) is 7.03. The first-order valence-corrected chi connectivity index (χ1v) is 13.4. The molecule has 0 bridgehead atoms. The molecular weight excluding hydrogens is 386 g/mol. The molecule has 0 aromatic rings. The van der Waals surface area contributed by atoms with Crippen molar-refractivity contribution in [1.82, 2.24) is 4.90 Å². The topological polar surface area (TPSA) is 60.8 Å². The number of piperidine rings is 2. The number of ketones is 1. The minimum Gasteiger partial charge on any atom is -0.393 e. The number of hydrogen-bond acceptors (Lipinski definition) is 4. The van der Waals surface area contributed by atoms with Gasteiger partial charge in [-0.3, -0.25) is 9.69 Å². The van der Waals surface area contributed by atoms with Crippen molar-refractivity contribution in [2.75, 3.05) is 13.1 Å². The normalized spacial score (nSPS) is 59.2. The molecule has 0 radical (unpaired) electrons. The van der Waals surface area contributed by atoms with Crippen molar-refractivity contribution in [2.45, 2.75) is 96.3 Å². The molecule has 6 rings (SSSR count). The maximum Gasteiger partial charge on any atom is 0.136 e. The third-order valence-electron chi connectivity index (χ3n) is 11.8. The third-order valence-corrected chi connectivity index (χ3v) is 11.8. The molecule has 31 heavy (non-hydrogen) atoms. The standard InChI is InChI=1S/C27H43NO3/c1-15-4-7-25-27(3,31)21-6-5-17-18(20(21)14-28(25)13-15)11-22-19(17)12-24(30)23-10-16(29)8-9-26(22,23)2/h15-23,25,29,31H,4-14H2,1-3H3/t15-,16+,17-,18+,19-,20-,21+,22-,23+,25-,26+,27-/m0/s1. The van der Waals surface area contributed by atoms with E-state index in [-0.39, 0.29) is 17.4 Å². The Kier molecular flexibility index (Phi) is 4.78. The van der Waals surface area contributed by atoms with Gasteiger partial charge in [0.2, 0.25) is 0 Å². The smallest absolute Gasteiger partial charge is 0.136 e. The number of carbonyl (C=O) groups excluding carboxylic acids is 1. The molecule has 4 nitrogen and oxygen atoms in total. The summed E-state index contributed by atoms with van der Waals surface area (Å²) in [6, 6.07) is 0.341. The molecule has 2 N–H and O–H groups in total. The fourth-order valence-electron chi connectivity index (χ4n) is 10.4. The predicted molar refractivity (Wildman–Crippen MR) is 120 cm³/mol. The highest BCUT2D eigenvalue weighted by atomic mass is 16.3. The van der Waals surface area contributed by atoms with Crippen molar-refractivity contribution in [2.24, 2.45) is 52.8 Å².